The van der Waals surface area contributed by atoms with Gasteiger partial charge in [0, 0.05) is 31.3 Å². The van der Waals surface area contributed by atoms with Crippen molar-refractivity contribution in [2.45, 2.75) is 51.5 Å². The van der Waals surface area contributed by atoms with E-state index in [4.69, 9.17) is 28.4 Å². The zero-order chi connectivity index (χ0) is 24.7. The summed E-state index contributed by atoms with van der Waals surface area (Å²) in [5.74, 6) is -0.332. The van der Waals surface area contributed by atoms with Gasteiger partial charge in [0.2, 0.25) is 12.4 Å². The number of ether oxygens (including phenoxy) is 6. The molecule has 0 radical (unpaired) electrons. The molecule has 1 saturated heterocycles. The van der Waals surface area contributed by atoms with Crippen LogP contribution in [0.3, 0.4) is 0 Å². The van der Waals surface area contributed by atoms with Crippen molar-refractivity contribution in [2.24, 2.45) is 0 Å². The summed E-state index contributed by atoms with van der Waals surface area (Å²) < 4.78 is 34.5. The molecule has 0 aromatic heterocycles. The summed E-state index contributed by atoms with van der Waals surface area (Å²) in [5.41, 5.74) is 0. The standard InChI is InChI=1S/C24H25IO9/c1-14(26)29-21-20(13-25)34-24(23(31-16(3)28)22(21)30-15(2)27)33-19-11-7-10-18(12-19)32-17-8-5-4-6-9-17/h4-12,20-24H,13H2,1-3H3/t20-,21-,22+,23-,24-/m1/s1. The van der Waals surface area contributed by atoms with Crippen molar-refractivity contribution in [3.8, 4) is 17.2 Å². The van der Waals surface area contributed by atoms with E-state index < -0.39 is 48.6 Å². The molecular formula is C24H25IO9. The first kappa shape index (κ1) is 25.8. The van der Waals surface area contributed by atoms with E-state index in [0.29, 0.717) is 21.7 Å². The van der Waals surface area contributed by atoms with E-state index >= 15 is 0 Å². The highest BCUT2D eigenvalue weighted by Gasteiger charge is 2.52. The number of alkyl halides is 1. The monoisotopic (exact) mass is 584 g/mol. The number of carbonyl (C=O) groups excluding carboxylic acids is 3. The topological polar surface area (TPSA) is 107 Å². The number of halogens is 1. The molecule has 1 aliphatic rings. The molecule has 10 heteroatoms. The lowest BCUT2D eigenvalue weighted by Gasteiger charge is -2.43. The Bertz CT molecular complexity index is 997. The first-order valence-corrected chi connectivity index (χ1v) is 12.0. The van der Waals surface area contributed by atoms with Crippen LogP contribution in [0.25, 0.3) is 0 Å². The first-order valence-electron chi connectivity index (χ1n) is 10.5. The van der Waals surface area contributed by atoms with Gasteiger partial charge in [0.1, 0.15) is 23.4 Å². The van der Waals surface area contributed by atoms with Crippen molar-refractivity contribution in [3.05, 3.63) is 54.6 Å². The van der Waals surface area contributed by atoms with Crippen LogP contribution in [-0.4, -0.2) is 53.0 Å². The van der Waals surface area contributed by atoms with Gasteiger partial charge in [0.25, 0.3) is 0 Å². The number of hydrogen-bond donors (Lipinski definition) is 0. The third kappa shape index (κ3) is 7.07. The maximum Gasteiger partial charge on any atom is 0.303 e. The molecule has 182 valence electrons. The van der Waals surface area contributed by atoms with Gasteiger partial charge in [-0.2, -0.15) is 0 Å². The second kappa shape index (κ2) is 12.0. The molecule has 34 heavy (non-hydrogen) atoms. The van der Waals surface area contributed by atoms with E-state index in [-0.39, 0.29) is 0 Å². The van der Waals surface area contributed by atoms with Crippen LogP contribution >= 0.6 is 22.6 Å². The van der Waals surface area contributed by atoms with Gasteiger partial charge in [-0.25, -0.2) is 0 Å². The van der Waals surface area contributed by atoms with E-state index in [1.54, 1.807) is 24.3 Å². The molecule has 1 heterocycles. The van der Waals surface area contributed by atoms with E-state index in [9.17, 15) is 14.4 Å². The van der Waals surface area contributed by atoms with Crippen molar-refractivity contribution in [2.75, 3.05) is 4.43 Å². The quantitative estimate of drug-likeness (QED) is 0.198. The first-order chi connectivity index (χ1) is 16.3. The smallest absolute Gasteiger partial charge is 0.303 e. The molecule has 2 aromatic rings. The largest absolute Gasteiger partial charge is 0.461 e. The predicted molar refractivity (Wildman–Crippen MR) is 128 cm³/mol. The fourth-order valence-electron chi connectivity index (χ4n) is 3.44. The van der Waals surface area contributed by atoms with Crippen molar-refractivity contribution in [1.82, 2.24) is 0 Å². The third-order valence-electron chi connectivity index (χ3n) is 4.69. The fraction of sp³-hybridized carbons (Fsp3) is 0.375. The summed E-state index contributed by atoms with van der Waals surface area (Å²) in [6.07, 6.45) is -5.15. The molecule has 5 atom stereocenters. The lowest BCUT2D eigenvalue weighted by atomic mass is 9.99. The van der Waals surface area contributed by atoms with Gasteiger partial charge >= 0.3 is 17.9 Å². The molecule has 1 fully saturated rings. The van der Waals surface area contributed by atoms with Gasteiger partial charge in [-0.05, 0) is 24.3 Å². The molecule has 0 bridgehead atoms. The van der Waals surface area contributed by atoms with Gasteiger partial charge in [-0.1, -0.05) is 46.9 Å². The second-order valence-electron chi connectivity index (χ2n) is 7.43. The van der Waals surface area contributed by atoms with Crippen LogP contribution in [0.15, 0.2) is 54.6 Å². The van der Waals surface area contributed by atoms with Crippen LogP contribution in [-0.2, 0) is 33.3 Å². The number of benzene rings is 2. The van der Waals surface area contributed by atoms with Gasteiger partial charge in [-0.3, -0.25) is 14.4 Å². The number of hydrogen-bond acceptors (Lipinski definition) is 9. The summed E-state index contributed by atoms with van der Waals surface area (Å²) in [6.45, 7) is 3.66. The maximum absolute atomic E-state index is 11.9. The summed E-state index contributed by atoms with van der Waals surface area (Å²) in [5, 5.41) is 0. The highest BCUT2D eigenvalue weighted by molar-refractivity contribution is 14.1. The molecule has 2 aromatic carbocycles. The number of carbonyl (C=O) groups is 3. The van der Waals surface area contributed by atoms with Gasteiger partial charge < -0.3 is 28.4 Å². The molecule has 1 aliphatic heterocycles. The van der Waals surface area contributed by atoms with Gasteiger partial charge in [0.15, 0.2) is 12.2 Å². The number of esters is 3. The van der Waals surface area contributed by atoms with E-state index in [0.717, 1.165) is 0 Å². The Morgan fingerprint density at radius 2 is 1.32 bits per heavy atom. The zero-order valence-corrected chi connectivity index (χ0v) is 21.0. The van der Waals surface area contributed by atoms with Crippen molar-refractivity contribution < 1.29 is 42.8 Å². The lowest BCUT2D eigenvalue weighted by molar-refractivity contribution is -0.279. The molecule has 0 saturated carbocycles. The Morgan fingerprint density at radius 1 is 0.765 bits per heavy atom. The second-order valence-corrected chi connectivity index (χ2v) is 8.31. The van der Waals surface area contributed by atoms with Crippen LogP contribution < -0.4 is 9.47 Å². The SMILES string of the molecule is CC(=O)O[C@@H]1[C@@H](OC(C)=O)[C@H](Oc2cccc(Oc3ccccc3)c2)O[C@H](CI)[C@H]1OC(C)=O. The molecule has 0 unspecified atom stereocenters. The highest BCUT2D eigenvalue weighted by atomic mass is 127. The maximum atomic E-state index is 11.9. The zero-order valence-electron chi connectivity index (χ0n) is 18.8. The minimum atomic E-state index is -1.19. The van der Waals surface area contributed by atoms with E-state index in [1.165, 1.54) is 20.8 Å². The Hall–Kier alpha value is -2.86. The molecular weight excluding hydrogens is 559 g/mol. The molecule has 0 aliphatic carbocycles. The normalized spacial score (nSPS) is 23.9. The van der Waals surface area contributed by atoms with Crippen molar-refractivity contribution in [1.29, 1.82) is 0 Å². The minimum Gasteiger partial charge on any atom is -0.461 e. The van der Waals surface area contributed by atoms with Crippen molar-refractivity contribution >= 4 is 40.5 Å². The number of rotatable bonds is 8. The Balaban J connectivity index is 1.89. The van der Waals surface area contributed by atoms with Crippen LogP contribution in [0.2, 0.25) is 0 Å². The summed E-state index contributed by atoms with van der Waals surface area (Å²) in [4.78, 5) is 35.4. The average Bonchev–Trinajstić information content (AvgIpc) is 2.77. The van der Waals surface area contributed by atoms with Crippen LogP contribution in [0.4, 0.5) is 0 Å². The van der Waals surface area contributed by atoms with Crippen LogP contribution in [0.1, 0.15) is 20.8 Å². The van der Waals surface area contributed by atoms with E-state index in [2.05, 4.69) is 22.6 Å². The highest BCUT2D eigenvalue weighted by Crippen LogP contribution is 2.33. The Kier molecular flexibility index (Phi) is 9.11. The summed E-state index contributed by atoms with van der Waals surface area (Å²) in [6, 6.07) is 16.1. The fourth-order valence-corrected chi connectivity index (χ4v) is 4.15. The van der Waals surface area contributed by atoms with Gasteiger partial charge in [0.05, 0.1) is 0 Å². The molecule has 0 N–H and O–H groups in total. The Labute approximate surface area is 210 Å². The molecule has 3 rings (SSSR count). The number of para-hydroxylation sites is 1. The van der Waals surface area contributed by atoms with Crippen LogP contribution in [0, 0.1) is 0 Å². The summed E-state index contributed by atoms with van der Waals surface area (Å²) in [7, 11) is 0. The molecule has 0 amide bonds. The predicted octanol–water partition coefficient (Wildman–Crippen LogP) is 3.81. The molecule has 9 nitrogen and oxygen atoms in total. The van der Waals surface area contributed by atoms with Crippen LogP contribution in [0.5, 0.6) is 17.2 Å². The van der Waals surface area contributed by atoms with E-state index in [1.807, 2.05) is 30.3 Å². The Morgan fingerprint density at radius 3 is 1.94 bits per heavy atom. The third-order valence-corrected chi connectivity index (χ3v) is 5.55. The van der Waals surface area contributed by atoms with Gasteiger partial charge in [-0.15, -0.1) is 0 Å². The lowest BCUT2D eigenvalue weighted by Crippen LogP contribution is -2.63. The minimum absolute atomic E-state index is 0.371. The summed E-state index contributed by atoms with van der Waals surface area (Å²) >= 11 is 2.06. The average molecular weight is 584 g/mol. The van der Waals surface area contributed by atoms with Crippen molar-refractivity contribution in [3.63, 3.8) is 0 Å². The molecule has 0 spiro atoms.